The molecule has 0 saturated carbocycles. The van der Waals surface area contributed by atoms with Crippen LogP contribution in [0.2, 0.25) is 0 Å². The highest BCUT2D eigenvalue weighted by Gasteiger charge is 2.24. The number of hydrogen-bond donors (Lipinski definition) is 1. The first-order valence-electron chi connectivity index (χ1n) is 5.31. The summed E-state index contributed by atoms with van der Waals surface area (Å²) in [4.78, 5) is 33.0. The van der Waals surface area contributed by atoms with Crippen LogP contribution >= 0.6 is 0 Å². The monoisotopic (exact) mass is 245 g/mol. The molecule has 0 heterocycles. The van der Waals surface area contributed by atoms with E-state index in [4.69, 9.17) is 4.74 Å². The fraction of sp³-hybridized carbons (Fsp3) is 0.727. The number of amides is 1. The molecule has 1 unspecified atom stereocenters. The van der Waals surface area contributed by atoms with Crippen LogP contribution in [0.3, 0.4) is 0 Å². The summed E-state index contributed by atoms with van der Waals surface area (Å²) in [6.45, 7) is 5.14. The first-order valence-corrected chi connectivity index (χ1v) is 5.31. The molecule has 0 fully saturated rings. The summed E-state index contributed by atoms with van der Waals surface area (Å²) in [5.74, 6) is -0.599. The molecule has 1 atom stereocenters. The van der Waals surface area contributed by atoms with Gasteiger partial charge in [-0.05, 0) is 27.2 Å². The number of methoxy groups -OCH3 is 1. The Kier molecular flexibility index (Phi) is 6.23. The average molecular weight is 245 g/mol. The van der Waals surface area contributed by atoms with Crippen molar-refractivity contribution in [2.24, 2.45) is 0 Å². The molecule has 0 aromatic rings. The van der Waals surface area contributed by atoms with Gasteiger partial charge in [-0.1, -0.05) is 0 Å². The van der Waals surface area contributed by atoms with Crippen LogP contribution in [0.1, 0.15) is 33.6 Å². The quantitative estimate of drug-likeness (QED) is 0.578. The molecule has 0 aliphatic carbocycles. The zero-order valence-electron chi connectivity index (χ0n) is 10.6. The fourth-order valence-electron chi connectivity index (χ4n) is 1.08. The lowest BCUT2D eigenvalue weighted by Crippen LogP contribution is -2.44. The third-order valence-electron chi connectivity index (χ3n) is 1.75. The molecule has 0 radical (unpaired) electrons. The van der Waals surface area contributed by atoms with Crippen LogP contribution in [0.4, 0.5) is 4.79 Å². The molecule has 1 amide bonds. The predicted octanol–water partition coefficient (Wildman–Crippen LogP) is 1.03. The Morgan fingerprint density at radius 1 is 1.35 bits per heavy atom. The second-order valence-corrected chi connectivity index (χ2v) is 4.47. The third kappa shape index (κ3) is 7.32. The number of esters is 1. The van der Waals surface area contributed by atoms with Crippen molar-refractivity contribution < 1.29 is 23.9 Å². The number of aldehydes is 1. The summed E-state index contributed by atoms with van der Waals surface area (Å²) < 4.78 is 9.51. The van der Waals surface area contributed by atoms with E-state index in [1.165, 1.54) is 7.11 Å². The second-order valence-electron chi connectivity index (χ2n) is 4.47. The van der Waals surface area contributed by atoms with Crippen molar-refractivity contribution in [1.82, 2.24) is 5.32 Å². The van der Waals surface area contributed by atoms with Crippen molar-refractivity contribution in [2.75, 3.05) is 7.11 Å². The molecular formula is C11H19NO5. The van der Waals surface area contributed by atoms with Crippen molar-refractivity contribution in [3.8, 4) is 0 Å². The number of carbonyl (C=O) groups excluding carboxylic acids is 3. The van der Waals surface area contributed by atoms with Gasteiger partial charge < -0.3 is 19.6 Å². The van der Waals surface area contributed by atoms with Gasteiger partial charge in [0.2, 0.25) is 0 Å². The maximum Gasteiger partial charge on any atom is 0.408 e. The van der Waals surface area contributed by atoms with E-state index in [1.807, 2.05) is 0 Å². The van der Waals surface area contributed by atoms with Crippen LogP contribution in [0.5, 0.6) is 0 Å². The molecular weight excluding hydrogens is 226 g/mol. The highest BCUT2D eigenvalue weighted by Crippen LogP contribution is 2.07. The Balaban J connectivity index is 4.37. The number of ether oxygens (including phenoxy) is 2. The Morgan fingerprint density at radius 3 is 2.35 bits per heavy atom. The Morgan fingerprint density at radius 2 is 1.94 bits per heavy atom. The van der Waals surface area contributed by atoms with Gasteiger partial charge in [-0.2, -0.15) is 0 Å². The summed E-state index contributed by atoms with van der Waals surface area (Å²) in [5, 5.41) is 2.36. The minimum absolute atomic E-state index is 0.162. The van der Waals surface area contributed by atoms with Crippen LogP contribution in [0, 0.1) is 0 Å². The molecule has 0 aromatic heterocycles. The van der Waals surface area contributed by atoms with Crippen LogP contribution in [-0.4, -0.2) is 37.1 Å². The SMILES string of the molecule is COC(=O)C(CCC=O)NC(=O)OC(C)(C)C. The molecule has 0 saturated heterocycles. The van der Waals surface area contributed by atoms with Gasteiger partial charge in [0.15, 0.2) is 0 Å². The van der Waals surface area contributed by atoms with E-state index in [1.54, 1.807) is 20.8 Å². The molecule has 0 bridgehead atoms. The van der Waals surface area contributed by atoms with E-state index < -0.39 is 23.7 Å². The molecule has 0 aliphatic heterocycles. The van der Waals surface area contributed by atoms with E-state index in [-0.39, 0.29) is 12.8 Å². The van der Waals surface area contributed by atoms with Gasteiger partial charge >= 0.3 is 12.1 Å². The van der Waals surface area contributed by atoms with E-state index in [2.05, 4.69) is 10.1 Å². The van der Waals surface area contributed by atoms with E-state index >= 15 is 0 Å². The summed E-state index contributed by atoms with van der Waals surface area (Å²) in [6.07, 6.45) is 0.316. The average Bonchev–Trinajstić information content (AvgIpc) is 2.20. The number of alkyl carbamates (subject to hydrolysis) is 1. The van der Waals surface area contributed by atoms with Gasteiger partial charge in [0.05, 0.1) is 7.11 Å². The largest absolute Gasteiger partial charge is 0.467 e. The molecule has 0 aromatic carbocycles. The predicted molar refractivity (Wildman–Crippen MR) is 60.5 cm³/mol. The molecule has 0 aliphatic rings. The lowest BCUT2D eigenvalue weighted by atomic mass is 10.1. The standard InChI is InChI=1S/C11H19NO5/c1-11(2,3)17-10(15)12-8(6-5-7-13)9(14)16-4/h7-8H,5-6H2,1-4H3,(H,12,15). The van der Waals surface area contributed by atoms with Gasteiger partial charge in [-0.3, -0.25) is 0 Å². The van der Waals surface area contributed by atoms with E-state index in [0.29, 0.717) is 6.29 Å². The van der Waals surface area contributed by atoms with Crippen LogP contribution in [-0.2, 0) is 19.1 Å². The Bertz CT molecular complexity index is 282. The maximum atomic E-state index is 11.4. The van der Waals surface area contributed by atoms with Gasteiger partial charge in [-0.25, -0.2) is 9.59 Å². The van der Waals surface area contributed by atoms with Crippen molar-refractivity contribution in [2.45, 2.75) is 45.3 Å². The highest BCUT2D eigenvalue weighted by molar-refractivity contribution is 5.81. The van der Waals surface area contributed by atoms with Gasteiger partial charge in [0.25, 0.3) is 0 Å². The fourth-order valence-corrected chi connectivity index (χ4v) is 1.08. The Labute approximate surface area is 101 Å². The highest BCUT2D eigenvalue weighted by atomic mass is 16.6. The lowest BCUT2D eigenvalue weighted by Gasteiger charge is -2.22. The first-order chi connectivity index (χ1) is 7.80. The molecule has 17 heavy (non-hydrogen) atoms. The summed E-state index contributed by atoms with van der Waals surface area (Å²) in [5.41, 5.74) is -0.643. The van der Waals surface area contributed by atoms with Crippen molar-refractivity contribution in [3.63, 3.8) is 0 Å². The second kappa shape index (κ2) is 6.88. The smallest absolute Gasteiger partial charge is 0.408 e. The molecule has 0 spiro atoms. The molecule has 98 valence electrons. The molecule has 6 nitrogen and oxygen atoms in total. The number of carbonyl (C=O) groups is 3. The van der Waals surface area contributed by atoms with Crippen LogP contribution < -0.4 is 5.32 Å². The summed E-state index contributed by atoms with van der Waals surface area (Å²) in [6, 6.07) is -0.861. The maximum absolute atomic E-state index is 11.4. The number of hydrogen-bond acceptors (Lipinski definition) is 5. The van der Waals surface area contributed by atoms with Crippen molar-refractivity contribution >= 4 is 18.3 Å². The van der Waals surface area contributed by atoms with Gasteiger partial charge in [0, 0.05) is 6.42 Å². The topological polar surface area (TPSA) is 81.7 Å². The number of rotatable bonds is 5. The van der Waals surface area contributed by atoms with Gasteiger partial charge in [0.1, 0.15) is 17.9 Å². The number of nitrogens with one attached hydrogen (secondary N) is 1. The zero-order valence-corrected chi connectivity index (χ0v) is 10.6. The first kappa shape index (κ1) is 15.4. The Hall–Kier alpha value is -1.59. The van der Waals surface area contributed by atoms with Crippen molar-refractivity contribution in [1.29, 1.82) is 0 Å². The molecule has 1 N–H and O–H groups in total. The normalized spacial score (nSPS) is 12.5. The van der Waals surface area contributed by atoms with Crippen LogP contribution in [0.25, 0.3) is 0 Å². The third-order valence-corrected chi connectivity index (χ3v) is 1.75. The molecule has 6 heteroatoms. The van der Waals surface area contributed by atoms with Gasteiger partial charge in [-0.15, -0.1) is 0 Å². The zero-order chi connectivity index (χ0) is 13.5. The lowest BCUT2D eigenvalue weighted by molar-refractivity contribution is -0.143. The minimum atomic E-state index is -0.861. The van der Waals surface area contributed by atoms with Crippen LogP contribution in [0.15, 0.2) is 0 Å². The molecule has 0 rings (SSSR count). The van der Waals surface area contributed by atoms with E-state index in [0.717, 1.165) is 0 Å². The van der Waals surface area contributed by atoms with E-state index in [9.17, 15) is 14.4 Å². The summed E-state index contributed by atoms with van der Waals surface area (Å²) in [7, 11) is 1.22. The summed E-state index contributed by atoms with van der Waals surface area (Å²) >= 11 is 0. The minimum Gasteiger partial charge on any atom is -0.467 e. The van der Waals surface area contributed by atoms with Crippen molar-refractivity contribution in [3.05, 3.63) is 0 Å².